The van der Waals surface area contributed by atoms with Gasteiger partial charge in [0.15, 0.2) is 11.5 Å². The number of ether oxygens (including phenoxy) is 1. The van der Waals surface area contributed by atoms with Gasteiger partial charge in [-0.15, -0.1) is 20.4 Å². The summed E-state index contributed by atoms with van der Waals surface area (Å²) in [5.41, 5.74) is -1.96. The smallest absolute Gasteiger partial charge is 0.434 e. The molecule has 0 aliphatic carbocycles. The molecule has 1 amide bonds. The molecule has 0 aromatic carbocycles. The molecule has 0 spiro atoms. The van der Waals surface area contributed by atoms with Gasteiger partial charge in [0.25, 0.3) is 5.91 Å². The van der Waals surface area contributed by atoms with Crippen LogP contribution in [0.5, 0.6) is 5.88 Å². The average Bonchev–Trinajstić information content (AvgIpc) is 3.21. The van der Waals surface area contributed by atoms with Crippen LogP contribution >= 0.6 is 11.3 Å². The molecule has 3 heterocycles. The first-order valence-corrected chi connectivity index (χ1v) is 7.76. The van der Waals surface area contributed by atoms with E-state index in [0.717, 1.165) is 17.5 Å². The first-order chi connectivity index (χ1) is 12.3. The van der Waals surface area contributed by atoms with Crippen LogP contribution in [-0.4, -0.2) is 43.2 Å². The largest absolute Gasteiger partial charge is 0.480 e. The summed E-state index contributed by atoms with van der Waals surface area (Å²) in [6.45, 7) is 1.65. The number of aryl methyl sites for hydroxylation is 1. The van der Waals surface area contributed by atoms with Crippen LogP contribution in [0.3, 0.4) is 0 Å². The van der Waals surface area contributed by atoms with Gasteiger partial charge in [-0.05, 0) is 13.0 Å². The average molecular weight is 385 g/mol. The Balaban J connectivity index is 2.00. The predicted octanol–water partition coefficient (Wildman–Crippen LogP) is 2.10. The molecule has 0 saturated carbocycles. The highest BCUT2D eigenvalue weighted by Crippen LogP contribution is 2.33. The lowest BCUT2D eigenvalue weighted by Crippen LogP contribution is -2.21. The highest BCUT2D eigenvalue weighted by molar-refractivity contribution is 7.15. The maximum atomic E-state index is 13.5. The Kier molecular flexibility index (Phi) is 4.54. The molecule has 0 saturated heterocycles. The Morgan fingerprint density at radius 3 is 2.54 bits per heavy atom. The molecule has 0 unspecified atom stereocenters. The molecule has 0 fully saturated rings. The second kappa shape index (κ2) is 6.67. The number of amides is 1. The van der Waals surface area contributed by atoms with E-state index in [0.29, 0.717) is 9.69 Å². The van der Waals surface area contributed by atoms with Crippen LogP contribution in [0.25, 0.3) is 5.82 Å². The second-order valence-electron chi connectivity index (χ2n) is 4.83. The molecule has 0 bridgehead atoms. The van der Waals surface area contributed by atoms with Crippen LogP contribution < -0.4 is 10.1 Å². The minimum Gasteiger partial charge on any atom is -0.480 e. The van der Waals surface area contributed by atoms with Gasteiger partial charge >= 0.3 is 6.18 Å². The van der Waals surface area contributed by atoms with Crippen molar-refractivity contribution in [3.8, 4) is 11.7 Å². The lowest BCUT2D eigenvalue weighted by molar-refractivity contribution is -0.143. The second-order valence-corrected chi connectivity index (χ2v) is 6.01. The van der Waals surface area contributed by atoms with Crippen molar-refractivity contribution in [3.05, 3.63) is 34.6 Å². The maximum absolute atomic E-state index is 13.5. The fourth-order valence-electron chi connectivity index (χ4n) is 2.01. The number of aromatic nitrogens is 6. The van der Waals surface area contributed by atoms with Crippen molar-refractivity contribution in [1.82, 2.24) is 30.2 Å². The molecule has 1 N–H and O–H groups in total. The molecule has 136 valence electrons. The number of nitrogens with one attached hydrogen (secondary N) is 1. The van der Waals surface area contributed by atoms with E-state index in [2.05, 4.69) is 30.8 Å². The molecular weight excluding hydrogens is 375 g/mol. The van der Waals surface area contributed by atoms with Crippen molar-refractivity contribution in [1.29, 1.82) is 0 Å². The van der Waals surface area contributed by atoms with E-state index in [1.807, 2.05) is 0 Å². The summed E-state index contributed by atoms with van der Waals surface area (Å²) < 4.78 is 45.9. The number of hydrogen-bond acceptors (Lipinski definition) is 8. The Morgan fingerprint density at radius 2 is 2.00 bits per heavy atom. The molecule has 0 aliphatic heterocycles. The molecule has 0 aliphatic rings. The SMILES string of the molecule is COc1ccc(-n2ncc(C(=O)Nc3nnc(C)s3)c2C(F)(F)F)nn1. The lowest BCUT2D eigenvalue weighted by Gasteiger charge is -2.11. The predicted molar refractivity (Wildman–Crippen MR) is 83.3 cm³/mol. The summed E-state index contributed by atoms with van der Waals surface area (Å²) >= 11 is 1.03. The van der Waals surface area contributed by atoms with Crippen molar-refractivity contribution in [3.63, 3.8) is 0 Å². The van der Waals surface area contributed by atoms with Crippen LogP contribution in [0.1, 0.15) is 21.1 Å². The van der Waals surface area contributed by atoms with E-state index in [4.69, 9.17) is 4.74 Å². The highest BCUT2D eigenvalue weighted by atomic mass is 32.1. The van der Waals surface area contributed by atoms with E-state index < -0.39 is 23.3 Å². The van der Waals surface area contributed by atoms with E-state index >= 15 is 0 Å². The van der Waals surface area contributed by atoms with E-state index in [-0.39, 0.29) is 16.8 Å². The topological polar surface area (TPSA) is 108 Å². The Hall–Kier alpha value is -3.09. The Morgan fingerprint density at radius 1 is 1.23 bits per heavy atom. The standard InChI is InChI=1S/C13H10F3N7O2S/c1-6-19-22-12(26-6)18-11(24)7-5-17-23(10(7)13(14,15)16)8-3-4-9(25-2)21-20-8/h3-5H,1-2H3,(H,18,22,24). The van der Waals surface area contributed by atoms with Crippen LogP contribution in [0.15, 0.2) is 18.3 Å². The van der Waals surface area contributed by atoms with Crippen molar-refractivity contribution in [2.75, 3.05) is 12.4 Å². The van der Waals surface area contributed by atoms with Gasteiger partial charge < -0.3 is 4.74 Å². The summed E-state index contributed by atoms with van der Waals surface area (Å²) in [6.07, 6.45) is -4.06. The monoisotopic (exact) mass is 385 g/mol. The lowest BCUT2D eigenvalue weighted by atomic mass is 10.2. The third kappa shape index (κ3) is 3.46. The van der Waals surface area contributed by atoms with Crippen LogP contribution in [-0.2, 0) is 6.18 Å². The normalized spacial score (nSPS) is 11.4. The van der Waals surface area contributed by atoms with E-state index in [1.165, 1.54) is 19.2 Å². The van der Waals surface area contributed by atoms with Gasteiger partial charge in [-0.1, -0.05) is 11.3 Å². The number of halogens is 3. The molecule has 3 aromatic heterocycles. The number of alkyl halides is 3. The van der Waals surface area contributed by atoms with Crippen molar-refractivity contribution >= 4 is 22.4 Å². The van der Waals surface area contributed by atoms with Gasteiger partial charge in [-0.25, -0.2) is 4.68 Å². The molecule has 9 nitrogen and oxygen atoms in total. The summed E-state index contributed by atoms with van der Waals surface area (Å²) in [4.78, 5) is 12.3. The van der Waals surface area contributed by atoms with Gasteiger partial charge in [0.05, 0.1) is 18.9 Å². The van der Waals surface area contributed by atoms with E-state index in [1.54, 1.807) is 6.92 Å². The summed E-state index contributed by atoms with van der Waals surface area (Å²) in [5, 5.41) is 21.1. The van der Waals surface area contributed by atoms with Gasteiger partial charge in [0, 0.05) is 6.07 Å². The zero-order chi connectivity index (χ0) is 18.9. The molecular formula is C13H10F3N7O2S. The first-order valence-electron chi connectivity index (χ1n) is 6.94. The molecule has 13 heteroatoms. The maximum Gasteiger partial charge on any atom is 0.434 e. The van der Waals surface area contributed by atoms with Crippen molar-refractivity contribution < 1.29 is 22.7 Å². The van der Waals surface area contributed by atoms with Crippen LogP contribution in [0.4, 0.5) is 18.3 Å². The minimum atomic E-state index is -4.86. The Bertz CT molecular complexity index is 936. The zero-order valence-electron chi connectivity index (χ0n) is 13.3. The van der Waals surface area contributed by atoms with Crippen LogP contribution in [0.2, 0.25) is 0 Å². The number of anilines is 1. The zero-order valence-corrected chi connectivity index (χ0v) is 14.1. The van der Waals surface area contributed by atoms with Gasteiger partial charge in [-0.3, -0.25) is 10.1 Å². The number of hydrogen-bond donors (Lipinski definition) is 1. The van der Waals surface area contributed by atoms with E-state index in [9.17, 15) is 18.0 Å². The minimum absolute atomic E-state index is 0.0811. The Labute approximate surface area is 147 Å². The number of carbonyl (C=O) groups excluding carboxylic acids is 1. The fourth-order valence-corrected chi connectivity index (χ4v) is 2.59. The third-order valence-corrected chi connectivity index (χ3v) is 3.84. The number of methoxy groups -OCH3 is 1. The van der Waals surface area contributed by atoms with Gasteiger partial charge in [0.1, 0.15) is 5.01 Å². The van der Waals surface area contributed by atoms with Gasteiger partial charge in [0.2, 0.25) is 11.0 Å². The highest BCUT2D eigenvalue weighted by Gasteiger charge is 2.41. The van der Waals surface area contributed by atoms with Crippen LogP contribution in [0, 0.1) is 6.92 Å². The molecule has 3 aromatic rings. The quantitative estimate of drug-likeness (QED) is 0.733. The fraction of sp³-hybridized carbons (Fsp3) is 0.231. The molecule has 26 heavy (non-hydrogen) atoms. The summed E-state index contributed by atoms with van der Waals surface area (Å²) in [6, 6.07) is 2.57. The van der Waals surface area contributed by atoms with Crippen molar-refractivity contribution in [2.45, 2.75) is 13.1 Å². The number of carbonyl (C=O) groups is 1. The molecule has 0 radical (unpaired) electrons. The summed E-state index contributed by atoms with van der Waals surface area (Å²) in [7, 11) is 1.34. The number of nitrogens with zero attached hydrogens (tertiary/aromatic N) is 6. The van der Waals surface area contributed by atoms with Crippen molar-refractivity contribution in [2.24, 2.45) is 0 Å². The van der Waals surface area contributed by atoms with Gasteiger partial charge in [-0.2, -0.15) is 18.3 Å². The third-order valence-electron chi connectivity index (χ3n) is 3.08. The molecule has 3 rings (SSSR count). The number of rotatable bonds is 4. The summed E-state index contributed by atoms with van der Waals surface area (Å²) in [5.74, 6) is -1.11. The molecule has 0 atom stereocenters. The first kappa shape index (κ1) is 17.7.